The third-order valence-electron chi connectivity index (χ3n) is 2.68. The van der Waals surface area contributed by atoms with Gasteiger partial charge in [0.15, 0.2) is 0 Å². The zero-order valence-corrected chi connectivity index (χ0v) is 11.7. The van der Waals surface area contributed by atoms with Crippen LogP contribution in [-0.2, 0) is 14.9 Å². The lowest BCUT2D eigenvalue weighted by Crippen LogP contribution is -2.48. The van der Waals surface area contributed by atoms with Gasteiger partial charge in [-0.25, -0.2) is 9.52 Å². The average Bonchev–Trinajstić information content (AvgIpc) is 2.28. The van der Waals surface area contributed by atoms with Gasteiger partial charge < -0.3 is 10.5 Å². The summed E-state index contributed by atoms with van der Waals surface area (Å²) in [7, 11) is -3.83. The van der Waals surface area contributed by atoms with Gasteiger partial charge in [0, 0.05) is 19.0 Å². The molecule has 0 unspecified atom stereocenters. The van der Waals surface area contributed by atoms with Gasteiger partial charge in [0.2, 0.25) is 0 Å². The molecular weight excluding hydrogens is 278 g/mol. The monoisotopic (exact) mass is 295 g/mol. The van der Waals surface area contributed by atoms with E-state index in [0.29, 0.717) is 17.8 Å². The number of thiocarbonyl (C=S) groups is 1. The first-order valence-electron chi connectivity index (χ1n) is 5.60. The Bertz CT molecular complexity index is 416. The molecule has 0 atom stereocenters. The highest BCUT2D eigenvalue weighted by Gasteiger charge is 2.30. The van der Waals surface area contributed by atoms with Crippen LogP contribution in [0.25, 0.3) is 0 Å². The largest absolute Gasteiger partial charge is 0.449 e. The molecule has 18 heavy (non-hydrogen) atoms. The van der Waals surface area contributed by atoms with Gasteiger partial charge in [-0.05, 0) is 19.8 Å². The van der Waals surface area contributed by atoms with E-state index in [4.69, 9.17) is 18.0 Å². The van der Waals surface area contributed by atoms with E-state index in [-0.39, 0.29) is 25.6 Å². The number of piperidine rings is 1. The molecule has 104 valence electrons. The van der Waals surface area contributed by atoms with Gasteiger partial charge in [0.05, 0.1) is 11.6 Å². The first-order valence-corrected chi connectivity index (χ1v) is 7.45. The molecule has 0 saturated carbocycles. The van der Waals surface area contributed by atoms with Crippen LogP contribution >= 0.6 is 12.2 Å². The van der Waals surface area contributed by atoms with Crippen molar-refractivity contribution in [1.82, 2.24) is 9.03 Å². The molecular formula is C9H17N3O4S2. The Kier molecular flexibility index (Phi) is 5.29. The fourth-order valence-electron chi connectivity index (χ4n) is 1.71. The predicted molar refractivity (Wildman–Crippen MR) is 70.2 cm³/mol. The number of nitrogens with two attached hydrogens (primary N) is 1. The fourth-order valence-corrected chi connectivity index (χ4v) is 3.04. The average molecular weight is 295 g/mol. The Balaban J connectivity index is 2.55. The highest BCUT2D eigenvalue weighted by Crippen LogP contribution is 2.19. The Hall–Kier alpha value is -0.930. The zero-order valence-electron chi connectivity index (χ0n) is 10.1. The number of carbonyl (C=O) groups excluding carboxylic acids is 1. The summed E-state index contributed by atoms with van der Waals surface area (Å²) < 4.78 is 31.2. The minimum atomic E-state index is -3.83. The van der Waals surface area contributed by atoms with E-state index in [1.54, 1.807) is 6.92 Å². The van der Waals surface area contributed by atoms with Crippen LogP contribution in [0.4, 0.5) is 4.79 Å². The summed E-state index contributed by atoms with van der Waals surface area (Å²) in [6.07, 6.45) is 0.173. The summed E-state index contributed by atoms with van der Waals surface area (Å²) in [6, 6.07) is 0. The van der Waals surface area contributed by atoms with Gasteiger partial charge in [-0.15, -0.1) is 0 Å². The standard InChI is InChI=1S/C9H17N3O4S2/c1-2-16-9(13)11-18(14,15)12-5-3-7(4-6-12)8(10)17/h7H,2-6H2,1H3,(H2,10,17)(H,11,13). The van der Waals surface area contributed by atoms with Crippen LogP contribution in [0.3, 0.4) is 0 Å². The summed E-state index contributed by atoms with van der Waals surface area (Å²) in [5.41, 5.74) is 5.52. The highest BCUT2D eigenvalue weighted by atomic mass is 32.2. The Morgan fingerprint density at radius 1 is 1.50 bits per heavy atom. The molecule has 9 heteroatoms. The fraction of sp³-hybridized carbons (Fsp3) is 0.778. The number of carbonyl (C=O) groups is 1. The predicted octanol–water partition coefficient (Wildman–Crippen LogP) is -0.0246. The molecule has 0 aromatic heterocycles. The van der Waals surface area contributed by atoms with Gasteiger partial charge in [-0.2, -0.15) is 12.7 Å². The molecule has 0 radical (unpaired) electrons. The van der Waals surface area contributed by atoms with Gasteiger partial charge >= 0.3 is 16.3 Å². The SMILES string of the molecule is CCOC(=O)NS(=O)(=O)N1CCC(C(N)=S)CC1. The van der Waals surface area contributed by atoms with Gasteiger partial charge in [-0.3, -0.25) is 0 Å². The lowest BCUT2D eigenvalue weighted by Gasteiger charge is -2.30. The molecule has 7 nitrogen and oxygen atoms in total. The Morgan fingerprint density at radius 2 is 2.06 bits per heavy atom. The number of ether oxygens (including phenoxy) is 1. The van der Waals surface area contributed by atoms with Crippen molar-refractivity contribution in [1.29, 1.82) is 0 Å². The van der Waals surface area contributed by atoms with E-state index in [9.17, 15) is 13.2 Å². The van der Waals surface area contributed by atoms with E-state index in [2.05, 4.69) is 4.74 Å². The molecule has 0 spiro atoms. The lowest BCUT2D eigenvalue weighted by atomic mass is 9.98. The third kappa shape index (κ3) is 4.07. The van der Waals surface area contributed by atoms with Crippen molar-refractivity contribution in [3.8, 4) is 0 Å². The summed E-state index contributed by atoms with van der Waals surface area (Å²) in [5, 5.41) is 0. The number of hydrogen-bond donors (Lipinski definition) is 2. The molecule has 1 rings (SSSR count). The van der Waals surface area contributed by atoms with E-state index in [1.165, 1.54) is 4.31 Å². The Morgan fingerprint density at radius 3 is 2.50 bits per heavy atom. The summed E-state index contributed by atoms with van der Waals surface area (Å²) in [4.78, 5) is 11.5. The maximum Gasteiger partial charge on any atom is 0.421 e. The molecule has 0 aliphatic carbocycles. The molecule has 1 amide bonds. The molecule has 0 bridgehead atoms. The van der Waals surface area contributed by atoms with Gasteiger partial charge in [0.1, 0.15) is 0 Å². The van der Waals surface area contributed by atoms with Crippen molar-refractivity contribution in [3.63, 3.8) is 0 Å². The second-order valence-corrected chi connectivity index (χ2v) is 6.05. The van der Waals surface area contributed by atoms with Crippen LogP contribution in [0.15, 0.2) is 0 Å². The summed E-state index contributed by atoms with van der Waals surface area (Å²) in [6.45, 7) is 2.29. The maximum atomic E-state index is 11.8. The topological polar surface area (TPSA) is 102 Å². The molecule has 1 heterocycles. The normalized spacial score (nSPS) is 18.3. The molecule has 3 N–H and O–H groups in total. The van der Waals surface area contributed by atoms with Crippen molar-refractivity contribution < 1.29 is 17.9 Å². The molecule has 0 aromatic carbocycles. The van der Waals surface area contributed by atoms with Crippen LogP contribution < -0.4 is 10.5 Å². The molecule has 1 saturated heterocycles. The Labute approximate surface area is 112 Å². The van der Waals surface area contributed by atoms with E-state index in [1.807, 2.05) is 4.72 Å². The quantitative estimate of drug-likeness (QED) is 0.707. The first kappa shape index (κ1) is 15.1. The smallest absolute Gasteiger partial charge is 0.421 e. The van der Waals surface area contributed by atoms with Crippen LogP contribution in [-0.4, -0.2) is 43.5 Å². The summed E-state index contributed by atoms with van der Waals surface area (Å²) in [5.74, 6) is 0.0639. The van der Waals surface area contributed by atoms with Crippen LogP contribution in [0.2, 0.25) is 0 Å². The lowest BCUT2D eigenvalue weighted by molar-refractivity contribution is 0.157. The van der Waals surface area contributed by atoms with Crippen molar-refractivity contribution in [2.75, 3.05) is 19.7 Å². The van der Waals surface area contributed by atoms with Crippen molar-refractivity contribution in [2.45, 2.75) is 19.8 Å². The van der Waals surface area contributed by atoms with E-state index < -0.39 is 16.3 Å². The maximum absolute atomic E-state index is 11.8. The zero-order chi connectivity index (χ0) is 13.8. The van der Waals surface area contributed by atoms with E-state index >= 15 is 0 Å². The highest BCUT2D eigenvalue weighted by molar-refractivity contribution is 7.87. The first-order chi connectivity index (χ1) is 8.36. The molecule has 1 aliphatic heterocycles. The van der Waals surface area contributed by atoms with Crippen LogP contribution in [0.5, 0.6) is 0 Å². The molecule has 0 aromatic rings. The van der Waals surface area contributed by atoms with E-state index in [0.717, 1.165) is 0 Å². The van der Waals surface area contributed by atoms with Crippen LogP contribution in [0, 0.1) is 5.92 Å². The number of hydrogen-bond acceptors (Lipinski definition) is 5. The van der Waals surface area contributed by atoms with Crippen LogP contribution in [0.1, 0.15) is 19.8 Å². The minimum Gasteiger partial charge on any atom is -0.449 e. The van der Waals surface area contributed by atoms with Crippen molar-refractivity contribution in [3.05, 3.63) is 0 Å². The second kappa shape index (κ2) is 6.30. The number of amides is 1. The number of nitrogens with zero attached hydrogens (tertiary/aromatic N) is 1. The van der Waals surface area contributed by atoms with Gasteiger partial charge in [0.25, 0.3) is 0 Å². The van der Waals surface area contributed by atoms with Gasteiger partial charge in [-0.1, -0.05) is 12.2 Å². The molecule has 1 fully saturated rings. The molecule has 1 aliphatic rings. The number of rotatable bonds is 4. The number of nitrogens with one attached hydrogen (secondary N) is 1. The van der Waals surface area contributed by atoms with Crippen molar-refractivity contribution in [2.24, 2.45) is 11.7 Å². The second-order valence-electron chi connectivity index (χ2n) is 3.90. The van der Waals surface area contributed by atoms with Crippen molar-refractivity contribution >= 4 is 33.5 Å². The summed E-state index contributed by atoms with van der Waals surface area (Å²) >= 11 is 4.87. The third-order valence-corrected chi connectivity index (χ3v) is 4.49. The minimum absolute atomic E-state index is 0.0639.